The molecule has 3 aromatic carbocycles. The van der Waals surface area contributed by atoms with Crippen molar-refractivity contribution in [1.29, 1.82) is 0 Å². The minimum absolute atomic E-state index is 0.0442. The number of hydrogen-bond acceptors (Lipinski definition) is 8. The number of aliphatic carboxylic acids is 1. The number of carboxylic acids is 1. The number of benzene rings is 3. The van der Waals surface area contributed by atoms with E-state index in [0.29, 0.717) is 12.0 Å². The van der Waals surface area contributed by atoms with Gasteiger partial charge < -0.3 is 35.8 Å². The van der Waals surface area contributed by atoms with Crippen LogP contribution in [0.4, 0.5) is 8.78 Å². The van der Waals surface area contributed by atoms with Gasteiger partial charge in [-0.25, -0.2) is 13.6 Å². The molecule has 11 nitrogen and oxygen atoms in total. The average molecular weight is 596 g/mol. The number of alkyl halides is 1. The quantitative estimate of drug-likeness (QED) is 0.0742. The van der Waals surface area contributed by atoms with Crippen LogP contribution in [0.1, 0.15) is 61.5 Å². The summed E-state index contributed by atoms with van der Waals surface area (Å²) >= 11 is 0. The molecule has 0 unspecified atom stereocenters. The lowest BCUT2D eigenvalue weighted by Gasteiger charge is -2.15. The maximum Gasteiger partial charge on any atom is 0.488 e. The summed E-state index contributed by atoms with van der Waals surface area (Å²) in [5.74, 6) is -4.32. The molecule has 0 radical (unpaired) electrons. The number of hydrogen-bond donors (Lipinski definition) is 7. The number of carboxylic acid groups (broad SMARTS) is 1. The van der Waals surface area contributed by atoms with Crippen molar-refractivity contribution in [3.8, 4) is 0 Å². The Hall–Kier alpha value is -4.43. The second-order valence-electron chi connectivity index (χ2n) is 9.64. The van der Waals surface area contributed by atoms with Gasteiger partial charge in [0.05, 0.1) is 0 Å². The minimum atomic E-state index is -2.05. The van der Waals surface area contributed by atoms with E-state index in [1.54, 1.807) is 0 Å². The van der Waals surface area contributed by atoms with Crippen LogP contribution in [0.5, 0.6) is 0 Å². The third-order valence-electron chi connectivity index (χ3n) is 6.44. The molecule has 0 spiro atoms. The van der Waals surface area contributed by atoms with E-state index in [4.69, 9.17) is 0 Å². The Bertz CT molecular complexity index is 1490. The van der Waals surface area contributed by atoms with Gasteiger partial charge in [0.15, 0.2) is 5.78 Å². The van der Waals surface area contributed by atoms with Gasteiger partial charge in [-0.1, -0.05) is 24.3 Å². The molecule has 43 heavy (non-hydrogen) atoms. The van der Waals surface area contributed by atoms with Gasteiger partial charge in [0.25, 0.3) is 11.8 Å². The predicted molar refractivity (Wildman–Crippen MR) is 152 cm³/mol. The number of rotatable bonds is 14. The van der Waals surface area contributed by atoms with Crippen LogP contribution in [0.25, 0.3) is 0 Å². The maximum absolute atomic E-state index is 14.0. The predicted octanol–water partition coefficient (Wildman–Crippen LogP) is -0.331. The van der Waals surface area contributed by atoms with Crippen molar-refractivity contribution in [2.24, 2.45) is 0 Å². The number of carbonyl (C=O) groups excluding carboxylic acids is 3. The first-order chi connectivity index (χ1) is 20.4. The molecule has 0 aliphatic rings. The summed E-state index contributed by atoms with van der Waals surface area (Å²) in [6, 6.07) is 10.5. The van der Waals surface area contributed by atoms with Crippen molar-refractivity contribution >= 4 is 48.7 Å². The number of ketones is 1. The van der Waals surface area contributed by atoms with E-state index in [1.807, 2.05) is 0 Å². The van der Waals surface area contributed by atoms with Crippen LogP contribution >= 0.6 is 0 Å². The third kappa shape index (κ3) is 9.28. The van der Waals surface area contributed by atoms with Crippen molar-refractivity contribution in [3.63, 3.8) is 0 Å². The van der Waals surface area contributed by atoms with Crippen molar-refractivity contribution in [3.05, 3.63) is 94.3 Å². The molecule has 0 bridgehead atoms. The normalized spacial score (nSPS) is 11.4. The Labute approximate surface area is 245 Å². The van der Waals surface area contributed by atoms with E-state index < -0.39 is 56.3 Å². The smallest absolute Gasteiger partial charge is 0.480 e. The maximum atomic E-state index is 14.0. The summed E-state index contributed by atoms with van der Waals surface area (Å²) in [5, 5.41) is 52.5. The molecular formula is C28H28B2F2N2O9. The van der Waals surface area contributed by atoms with Gasteiger partial charge in [0, 0.05) is 28.8 Å². The molecule has 0 aromatic heterocycles. The van der Waals surface area contributed by atoms with E-state index in [0.717, 1.165) is 36.4 Å². The summed E-state index contributed by atoms with van der Waals surface area (Å²) in [7, 11) is -4.09. The molecule has 3 aromatic rings. The SMILES string of the molecule is O=C(NCCCC[C@H](NC(=O)c1ccc(CF)cc1)C(=O)O)c1cc(B(O)O)cc(C(=O)c2cc(F)cc(B(O)O)c2)c1. The van der Waals surface area contributed by atoms with Crippen molar-refractivity contribution in [2.75, 3.05) is 6.54 Å². The summed E-state index contributed by atoms with van der Waals surface area (Å²) in [5.41, 5.74) is -0.518. The molecule has 2 amide bonds. The van der Waals surface area contributed by atoms with Gasteiger partial charge in [-0.05, 0) is 72.1 Å². The Morgan fingerprint density at radius 1 is 0.744 bits per heavy atom. The molecule has 7 N–H and O–H groups in total. The van der Waals surface area contributed by atoms with Gasteiger partial charge in [0.2, 0.25) is 0 Å². The molecule has 15 heteroatoms. The standard InChI is InChI=1S/C28H28B2F2N2O9/c31-15-16-4-6-17(7-5-16)27(37)34-24(28(38)39)3-1-2-8-33-26(36)20-9-18(10-21(12-20)29(40)41)25(35)19-11-22(30(42)43)14-23(32)13-19/h4-7,9-14,24,40-43H,1-3,8,15H2,(H,33,36)(H,34,37)(H,38,39)/t24-/m0/s1. The molecule has 0 fully saturated rings. The van der Waals surface area contributed by atoms with Crippen molar-refractivity contribution in [1.82, 2.24) is 10.6 Å². The molecule has 224 valence electrons. The Morgan fingerprint density at radius 2 is 1.33 bits per heavy atom. The molecule has 0 aliphatic heterocycles. The summed E-state index contributed by atoms with van der Waals surface area (Å²) in [6.45, 7) is -0.627. The lowest BCUT2D eigenvalue weighted by Crippen LogP contribution is -2.40. The van der Waals surface area contributed by atoms with Crippen LogP contribution in [0, 0.1) is 5.82 Å². The Balaban J connectivity index is 1.61. The zero-order valence-corrected chi connectivity index (χ0v) is 22.7. The van der Waals surface area contributed by atoms with E-state index in [-0.39, 0.29) is 52.6 Å². The number of amides is 2. The van der Waals surface area contributed by atoms with E-state index >= 15 is 0 Å². The van der Waals surface area contributed by atoms with E-state index in [2.05, 4.69) is 10.6 Å². The van der Waals surface area contributed by atoms with E-state index in [1.165, 1.54) is 24.3 Å². The molecular weight excluding hydrogens is 568 g/mol. The van der Waals surface area contributed by atoms with Gasteiger partial charge in [-0.3, -0.25) is 14.4 Å². The van der Waals surface area contributed by atoms with Gasteiger partial charge in [0.1, 0.15) is 18.5 Å². The third-order valence-corrected chi connectivity index (χ3v) is 6.44. The highest BCUT2D eigenvalue weighted by Crippen LogP contribution is 2.13. The second-order valence-corrected chi connectivity index (χ2v) is 9.64. The van der Waals surface area contributed by atoms with Crippen LogP contribution in [0.3, 0.4) is 0 Å². The highest BCUT2D eigenvalue weighted by Gasteiger charge is 2.23. The first-order valence-corrected chi connectivity index (χ1v) is 13.1. The topological polar surface area (TPSA) is 193 Å². The number of unbranched alkanes of at least 4 members (excludes halogenated alkanes) is 1. The van der Waals surface area contributed by atoms with Crippen LogP contribution in [-0.2, 0) is 11.5 Å². The Kier molecular flexibility index (Phi) is 11.7. The largest absolute Gasteiger partial charge is 0.488 e. The summed E-state index contributed by atoms with van der Waals surface area (Å²) < 4.78 is 26.6. The summed E-state index contributed by atoms with van der Waals surface area (Å²) in [6.07, 6.45) is 0.638. The monoisotopic (exact) mass is 596 g/mol. The molecule has 0 heterocycles. The number of halogens is 2. The number of nitrogens with one attached hydrogen (secondary N) is 2. The minimum Gasteiger partial charge on any atom is -0.480 e. The zero-order chi connectivity index (χ0) is 31.7. The molecule has 3 rings (SSSR count). The summed E-state index contributed by atoms with van der Waals surface area (Å²) in [4.78, 5) is 49.8. The average Bonchev–Trinajstić information content (AvgIpc) is 2.98. The van der Waals surface area contributed by atoms with Crippen LogP contribution < -0.4 is 21.6 Å². The van der Waals surface area contributed by atoms with Crippen molar-refractivity contribution < 1.29 is 53.2 Å². The van der Waals surface area contributed by atoms with Gasteiger partial charge in [-0.2, -0.15) is 0 Å². The second kappa shape index (κ2) is 15.2. The van der Waals surface area contributed by atoms with Crippen molar-refractivity contribution in [2.45, 2.75) is 32.0 Å². The zero-order valence-electron chi connectivity index (χ0n) is 22.7. The van der Waals surface area contributed by atoms with E-state index in [9.17, 15) is 53.2 Å². The fourth-order valence-electron chi connectivity index (χ4n) is 4.14. The lowest BCUT2D eigenvalue weighted by atomic mass is 9.77. The first-order valence-electron chi connectivity index (χ1n) is 13.1. The molecule has 1 atom stereocenters. The van der Waals surface area contributed by atoms with Crippen LogP contribution in [0.15, 0.2) is 60.7 Å². The first kappa shape index (κ1) is 33.1. The highest BCUT2D eigenvalue weighted by atomic mass is 19.1. The molecule has 0 saturated heterocycles. The van der Waals surface area contributed by atoms with Crippen LogP contribution in [-0.4, -0.2) is 75.6 Å². The Morgan fingerprint density at radius 3 is 1.91 bits per heavy atom. The van der Waals surface area contributed by atoms with Gasteiger partial charge >= 0.3 is 20.2 Å². The molecule has 0 saturated carbocycles. The van der Waals surface area contributed by atoms with Crippen LogP contribution in [0.2, 0.25) is 0 Å². The fraction of sp³-hybridized carbons (Fsp3) is 0.214. The lowest BCUT2D eigenvalue weighted by molar-refractivity contribution is -0.139. The van der Waals surface area contributed by atoms with Gasteiger partial charge in [-0.15, -0.1) is 0 Å². The highest BCUT2D eigenvalue weighted by molar-refractivity contribution is 6.59. The fourth-order valence-corrected chi connectivity index (χ4v) is 4.14. The molecule has 0 aliphatic carbocycles. The number of carbonyl (C=O) groups is 4.